The summed E-state index contributed by atoms with van der Waals surface area (Å²) >= 11 is 0. The highest BCUT2D eigenvalue weighted by atomic mass is 16.5. The third-order valence-corrected chi connectivity index (χ3v) is 5.66. The van der Waals surface area contributed by atoms with Gasteiger partial charge in [-0.15, -0.1) is 0 Å². The zero-order valence-corrected chi connectivity index (χ0v) is 17.9. The third kappa shape index (κ3) is 11.3. The van der Waals surface area contributed by atoms with Crippen LogP contribution < -0.4 is 0 Å². The molecule has 0 heterocycles. The smallest absolute Gasteiger partial charge is 0.119 e. The van der Waals surface area contributed by atoms with E-state index in [0.29, 0.717) is 6.42 Å². The Balaban J connectivity index is 2.18. The van der Waals surface area contributed by atoms with Gasteiger partial charge in [-0.05, 0) is 24.3 Å². The fourth-order valence-electron chi connectivity index (χ4n) is 3.74. The fourth-order valence-corrected chi connectivity index (χ4v) is 3.74. The number of nitroso groups, excluding NO2 is 1. The summed E-state index contributed by atoms with van der Waals surface area (Å²) in [6.45, 7) is 4.62. The first-order valence-electron chi connectivity index (χ1n) is 11.1. The largest absolute Gasteiger partial charge is 0.381 e. The van der Waals surface area contributed by atoms with Gasteiger partial charge < -0.3 is 4.74 Å². The first kappa shape index (κ1) is 23.8. The molecular formula is C24H41NO2. The summed E-state index contributed by atoms with van der Waals surface area (Å²) in [5.41, 5.74) is 0.988. The van der Waals surface area contributed by atoms with Crippen molar-refractivity contribution in [1.82, 2.24) is 0 Å². The summed E-state index contributed by atoms with van der Waals surface area (Å²) in [4.78, 5) is 11.3. The van der Waals surface area contributed by atoms with Crippen molar-refractivity contribution in [2.24, 2.45) is 11.1 Å². The zero-order valence-electron chi connectivity index (χ0n) is 17.9. The van der Waals surface area contributed by atoms with E-state index in [9.17, 15) is 4.91 Å². The van der Waals surface area contributed by atoms with E-state index in [1.165, 1.54) is 57.8 Å². The van der Waals surface area contributed by atoms with Crippen LogP contribution in [0, 0.1) is 10.8 Å². The molecule has 0 N–H and O–H groups in total. The van der Waals surface area contributed by atoms with Gasteiger partial charge in [-0.1, -0.05) is 107 Å². The molecule has 0 aliphatic heterocycles. The molecule has 0 spiro atoms. The first-order valence-corrected chi connectivity index (χ1v) is 11.1. The second-order valence-corrected chi connectivity index (χ2v) is 8.07. The highest BCUT2D eigenvalue weighted by Gasteiger charge is 2.19. The number of methoxy groups -OCH3 is 1. The zero-order chi connectivity index (χ0) is 19.7. The number of nitrogens with zero attached hydrogens (tertiary/aromatic N) is 1. The van der Waals surface area contributed by atoms with Crippen molar-refractivity contribution >= 4 is 0 Å². The van der Waals surface area contributed by atoms with Crippen LogP contribution in [-0.2, 0) is 4.74 Å². The Kier molecular flexibility index (Phi) is 13.9. The van der Waals surface area contributed by atoms with E-state index >= 15 is 0 Å². The second kappa shape index (κ2) is 15.8. The van der Waals surface area contributed by atoms with Crippen molar-refractivity contribution in [2.75, 3.05) is 7.11 Å². The molecule has 27 heavy (non-hydrogen) atoms. The lowest BCUT2D eigenvalue weighted by Gasteiger charge is -2.20. The first-order chi connectivity index (χ1) is 13.2. The number of benzene rings is 1. The van der Waals surface area contributed by atoms with Crippen molar-refractivity contribution in [3.8, 4) is 0 Å². The summed E-state index contributed by atoms with van der Waals surface area (Å²) in [6, 6.07) is 9.53. The van der Waals surface area contributed by atoms with Crippen molar-refractivity contribution in [3.63, 3.8) is 0 Å². The van der Waals surface area contributed by atoms with Crippen LogP contribution in [0.2, 0.25) is 0 Å². The fraction of sp³-hybridized carbons (Fsp3) is 0.750. The van der Waals surface area contributed by atoms with E-state index in [4.69, 9.17) is 4.74 Å². The standard InChI is InChI=1S/C24H41NO2/c1-4-5-6-7-8-9-10-12-15-21(2)18-19-23(27-3)20-24(25-26)22-16-13-11-14-17-22/h11,13-14,16-17,21,23-24H,4-10,12,15,18-20H2,1-3H3. The summed E-state index contributed by atoms with van der Waals surface area (Å²) < 4.78 is 5.65. The van der Waals surface area contributed by atoms with Crippen LogP contribution in [-0.4, -0.2) is 13.2 Å². The number of hydrogen-bond donors (Lipinski definition) is 0. The summed E-state index contributed by atoms with van der Waals surface area (Å²) in [6.07, 6.45) is 15.3. The Bertz CT molecular complexity index is 463. The van der Waals surface area contributed by atoms with E-state index in [-0.39, 0.29) is 12.1 Å². The number of hydrogen-bond acceptors (Lipinski definition) is 3. The molecule has 1 aromatic rings. The molecule has 3 nitrogen and oxygen atoms in total. The van der Waals surface area contributed by atoms with Gasteiger partial charge in [0.25, 0.3) is 0 Å². The minimum absolute atomic E-state index is 0.105. The van der Waals surface area contributed by atoms with Gasteiger partial charge in [-0.3, -0.25) is 0 Å². The van der Waals surface area contributed by atoms with E-state index in [1.54, 1.807) is 7.11 Å². The van der Waals surface area contributed by atoms with E-state index < -0.39 is 0 Å². The topological polar surface area (TPSA) is 38.7 Å². The monoisotopic (exact) mass is 375 g/mol. The van der Waals surface area contributed by atoms with Crippen molar-refractivity contribution < 1.29 is 4.74 Å². The molecule has 0 aliphatic carbocycles. The van der Waals surface area contributed by atoms with Gasteiger partial charge >= 0.3 is 0 Å². The molecule has 0 saturated heterocycles. The van der Waals surface area contributed by atoms with Gasteiger partial charge in [0.15, 0.2) is 0 Å². The maximum Gasteiger partial charge on any atom is 0.119 e. The normalized spacial score (nSPS) is 14.6. The van der Waals surface area contributed by atoms with Crippen LogP contribution in [0.25, 0.3) is 0 Å². The summed E-state index contributed by atoms with van der Waals surface area (Å²) in [5, 5.41) is 3.34. The molecule has 0 fully saturated rings. The van der Waals surface area contributed by atoms with Crippen molar-refractivity contribution in [1.29, 1.82) is 0 Å². The maximum absolute atomic E-state index is 11.3. The van der Waals surface area contributed by atoms with E-state index in [1.807, 2.05) is 30.3 Å². The predicted octanol–water partition coefficient (Wildman–Crippen LogP) is 7.85. The molecule has 0 saturated carbocycles. The lowest BCUT2D eigenvalue weighted by Crippen LogP contribution is -2.15. The summed E-state index contributed by atoms with van der Waals surface area (Å²) in [7, 11) is 1.75. The van der Waals surface area contributed by atoms with Crippen LogP contribution in [0.1, 0.15) is 103 Å². The molecular weight excluding hydrogens is 334 g/mol. The Morgan fingerprint density at radius 3 is 2.11 bits per heavy atom. The molecule has 3 atom stereocenters. The summed E-state index contributed by atoms with van der Waals surface area (Å²) in [5.74, 6) is 0.724. The van der Waals surface area contributed by atoms with Gasteiger partial charge in [0.2, 0.25) is 0 Å². The molecule has 1 aromatic carbocycles. The minimum atomic E-state index is -0.306. The van der Waals surface area contributed by atoms with Crippen molar-refractivity contribution in [3.05, 3.63) is 40.8 Å². The number of ether oxygens (including phenoxy) is 1. The lowest BCUT2D eigenvalue weighted by atomic mass is 9.93. The van der Waals surface area contributed by atoms with Gasteiger partial charge in [0, 0.05) is 13.5 Å². The van der Waals surface area contributed by atoms with Gasteiger partial charge in [0.1, 0.15) is 6.04 Å². The highest BCUT2D eigenvalue weighted by Crippen LogP contribution is 2.26. The molecule has 3 unspecified atom stereocenters. The average Bonchev–Trinajstić information content (AvgIpc) is 2.71. The maximum atomic E-state index is 11.3. The number of rotatable bonds is 17. The van der Waals surface area contributed by atoms with Gasteiger partial charge in [-0.25, -0.2) is 0 Å². The highest BCUT2D eigenvalue weighted by molar-refractivity contribution is 5.19. The van der Waals surface area contributed by atoms with Gasteiger partial charge in [-0.2, -0.15) is 4.91 Å². The number of unbranched alkanes of at least 4 members (excludes halogenated alkanes) is 7. The molecule has 1 rings (SSSR count). The van der Waals surface area contributed by atoms with Crippen LogP contribution in [0.4, 0.5) is 0 Å². The average molecular weight is 376 g/mol. The molecule has 154 valence electrons. The molecule has 0 aliphatic rings. The molecule has 0 bridgehead atoms. The van der Waals surface area contributed by atoms with Crippen LogP contribution in [0.5, 0.6) is 0 Å². The minimum Gasteiger partial charge on any atom is -0.381 e. The Labute approximate surface area is 167 Å². The Hall–Kier alpha value is -1.22. The Morgan fingerprint density at radius 1 is 0.889 bits per heavy atom. The van der Waals surface area contributed by atoms with E-state index in [2.05, 4.69) is 19.0 Å². The molecule has 0 amide bonds. The third-order valence-electron chi connectivity index (χ3n) is 5.66. The quantitative estimate of drug-likeness (QED) is 0.205. The van der Waals surface area contributed by atoms with Crippen LogP contribution in [0.3, 0.4) is 0 Å². The molecule has 0 radical (unpaired) electrons. The predicted molar refractivity (Wildman–Crippen MR) is 116 cm³/mol. The van der Waals surface area contributed by atoms with Crippen molar-refractivity contribution in [2.45, 2.75) is 103 Å². The lowest BCUT2D eigenvalue weighted by molar-refractivity contribution is 0.0763. The van der Waals surface area contributed by atoms with Crippen LogP contribution >= 0.6 is 0 Å². The molecule has 0 aromatic heterocycles. The molecule has 3 heteroatoms. The van der Waals surface area contributed by atoms with E-state index in [0.717, 1.165) is 24.3 Å². The Morgan fingerprint density at radius 2 is 1.52 bits per heavy atom. The van der Waals surface area contributed by atoms with Gasteiger partial charge in [0.05, 0.1) is 6.10 Å². The SMILES string of the molecule is CCCCCCCCCCC(C)CCC(CC(N=O)c1ccccc1)OC. The van der Waals surface area contributed by atoms with Crippen LogP contribution in [0.15, 0.2) is 35.5 Å². The second-order valence-electron chi connectivity index (χ2n) is 8.07.